The number of hydrogen-bond donors (Lipinski definition) is 3. The van der Waals surface area contributed by atoms with Gasteiger partial charge in [0.2, 0.25) is 5.91 Å². The molecule has 35 heavy (non-hydrogen) atoms. The number of hydrogen-bond acceptors (Lipinski definition) is 5. The minimum Gasteiger partial charge on any atom is -0.388 e. The molecule has 3 N–H and O–H groups in total. The van der Waals surface area contributed by atoms with Crippen molar-refractivity contribution in [1.29, 1.82) is 0 Å². The lowest BCUT2D eigenvalue weighted by Gasteiger charge is -2.40. The molecule has 1 saturated heterocycles. The van der Waals surface area contributed by atoms with Gasteiger partial charge in [0.15, 0.2) is 0 Å². The van der Waals surface area contributed by atoms with Crippen molar-refractivity contribution >= 4 is 35.3 Å². The molecule has 1 aromatic carbocycles. The van der Waals surface area contributed by atoms with Crippen LogP contribution in [-0.4, -0.2) is 67.6 Å². The lowest BCUT2D eigenvalue weighted by Crippen LogP contribution is -2.57. The van der Waals surface area contributed by atoms with Crippen molar-refractivity contribution in [2.45, 2.75) is 58.8 Å². The van der Waals surface area contributed by atoms with Crippen molar-refractivity contribution in [2.24, 2.45) is 5.41 Å². The zero-order valence-corrected chi connectivity index (χ0v) is 20.9. The number of aliphatic hydroxyl groups is 1. The molecule has 10 nitrogen and oxygen atoms in total. The fourth-order valence-corrected chi connectivity index (χ4v) is 4.73. The van der Waals surface area contributed by atoms with Crippen molar-refractivity contribution in [3.8, 4) is 0 Å². The second-order valence-corrected chi connectivity index (χ2v) is 10.5. The highest BCUT2D eigenvalue weighted by Gasteiger charge is 2.40. The van der Waals surface area contributed by atoms with Gasteiger partial charge in [-0.25, -0.2) is 19.1 Å². The number of carbonyl (C=O) groups is 3. The number of nitrogens with zero attached hydrogens (tertiary/aromatic N) is 4. The number of aliphatic hydroxyl groups excluding tert-OH is 1. The highest BCUT2D eigenvalue weighted by Crippen LogP contribution is 2.28. The van der Waals surface area contributed by atoms with Gasteiger partial charge >= 0.3 is 12.1 Å². The zero-order valence-electron chi connectivity index (χ0n) is 20.1. The quantitative estimate of drug-likeness (QED) is 0.580. The molecule has 0 aliphatic carbocycles. The average Bonchev–Trinajstić information content (AvgIpc) is 3.38. The van der Waals surface area contributed by atoms with Crippen LogP contribution in [-0.2, 0) is 17.9 Å². The smallest absolute Gasteiger partial charge is 0.330 e. The predicted octanol–water partition coefficient (Wildman–Crippen LogP) is 3.04. The molecular formula is C24H31ClN6O4. The lowest BCUT2D eigenvalue weighted by atomic mass is 9.85. The number of amides is 4. The van der Waals surface area contributed by atoms with Crippen molar-refractivity contribution in [3.05, 3.63) is 47.0 Å². The van der Waals surface area contributed by atoms with Gasteiger partial charge in [0.1, 0.15) is 18.5 Å². The highest BCUT2D eigenvalue weighted by atomic mass is 35.5. The molecule has 0 radical (unpaired) electrons. The Balaban J connectivity index is 1.36. The van der Waals surface area contributed by atoms with Gasteiger partial charge in [0.05, 0.1) is 18.4 Å². The van der Waals surface area contributed by atoms with E-state index in [2.05, 4.69) is 15.6 Å². The SMILES string of the molecule is CC(C)(C)[C@@H](NC(=O)Nc1ccc(Cl)cc1)C(=O)N1CCC(N2Cc3cnc(CO)n3C2=O)CC1. The Morgan fingerprint density at radius 3 is 2.46 bits per heavy atom. The number of piperidine rings is 1. The monoisotopic (exact) mass is 502 g/mol. The maximum atomic E-state index is 13.4. The summed E-state index contributed by atoms with van der Waals surface area (Å²) in [6.45, 7) is 6.86. The first-order valence-electron chi connectivity index (χ1n) is 11.7. The third-order valence-corrected chi connectivity index (χ3v) is 6.78. The summed E-state index contributed by atoms with van der Waals surface area (Å²) in [5.41, 5.74) is 0.835. The molecule has 2 aliphatic rings. The Morgan fingerprint density at radius 2 is 1.86 bits per heavy atom. The van der Waals surface area contributed by atoms with E-state index >= 15 is 0 Å². The van der Waals surface area contributed by atoms with E-state index in [1.54, 1.807) is 40.3 Å². The predicted molar refractivity (Wildman–Crippen MR) is 131 cm³/mol. The highest BCUT2D eigenvalue weighted by molar-refractivity contribution is 6.30. The molecule has 2 aliphatic heterocycles. The Bertz CT molecular complexity index is 1100. The molecule has 188 valence electrons. The maximum absolute atomic E-state index is 13.4. The summed E-state index contributed by atoms with van der Waals surface area (Å²) in [7, 11) is 0. The lowest BCUT2D eigenvalue weighted by molar-refractivity contribution is -0.137. The summed E-state index contributed by atoms with van der Waals surface area (Å²) in [5, 5.41) is 15.6. The molecule has 0 spiro atoms. The van der Waals surface area contributed by atoms with E-state index in [1.807, 2.05) is 20.8 Å². The van der Waals surface area contributed by atoms with Crippen LogP contribution in [0, 0.1) is 5.41 Å². The van der Waals surface area contributed by atoms with Gasteiger partial charge in [-0.15, -0.1) is 0 Å². The Morgan fingerprint density at radius 1 is 1.20 bits per heavy atom. The van der Waals surface area contributed by atoms with Crippen LogP contribution < -0.4 is 10.6 Å². The largest absolute Gasteiger partial charge is 0.388 e. The number of anilines is 1. The summed E-state index contributed by atoms with van der Waals surface area (Å²) < 4.78 is 1.47. The molecular weight excluding hydrogens is 472 g/mol. The fraction of sp³-hybridized carbons (Fsp3) is 0.500. The van der Waals surface area contributed by atoms with Crippen LogP contribution in [0.15, 0.2) is 30.5 Å². The minimum atomic E-state index is -0.723. The number of aromatic nitrogens is 2. The first-order valence-corrected chi connectivity index (χ1v) is 12.1. The van der Waals surface area contributed by atoms with Crippen LogP contribution in [0.2, 0.25) is 5.02 Å². The van der Waals surface area contributed by atoms with Gasteiger partial charge < -0.3 is 25.5 Å². The van der Waals surface area contributed by atoms with E-state index in [9.17, 15) is 19.5 Å². The summed E-state index contributed by atoms with van der Waals surface area (Å²) in [6, 6.07) is 5.36. The van der Waals surface area contributed by atoms with Gasteiger partial charge in [-0.3, -0.25) is 4.79 Å². The number of rotatable bonds is 5. The number of nitrogens with one attached hydrogen (secondary N) is 2. The van der Waals surface area contributed by atoms with E-state index < -0.39 is 17.5 Å². The molecule has 2 aromatic rings. The summed E-state index contributed by atoms with van der Waals surface area (Å²) >= 11 is 5.90. The topological polar surface area (TPSA) is 120 Å². The molecule has 1 fully saturated rings. The number of carbonyl (C=O) groups excluding carboxylic acids is 3. The minimum absolute atomic E-state index is 0.00718. The van der Waals surface area contributed by atoms with E-state index in [1.165, 1.54) is 4.57 Å². The van der Waals surface area contributed by atoms with E-state index in [4.69, 9.17) is 11.6 Å². The molecule has 4 amide bonds. The maximum Gasteiger partial charge on any atom is 0.330 e. The number of urea groups is 1. The van der Waals surface area contributed by atoms with Crippen LogP contribution >= 0.6 is 11.6 Å². The van der Waals surface area contributed by atoms with E-state index in [-0.39, 0.29) is 24.6 Å². The second kappa shape index (κ2) is 9.87. The van der Waals surface area contributed by atoms with Crippen LogP contribution in [0.4, 0.5) is 15.3 Å². The van der Waals surface area contributed by atoms with Gasteiger partial charge in [-0.1, -0.05) is 32.4 Å². The number of likely N-dealkylation sites (tertiary alicyclic amines) is 1. The first kappa shape index (κ1) is 25.0. The number of imidazole rings is 1. The van der Waals surface area contributed by atoms with Crippen LogP contribution in [0.1, 0.15) is 45.1 Å². The van der Waals surface area contributed by atoms with Crippen LogP contribution in [0.3, 0.4) is 0 Å². The van der Waals surface area contributed by atoms with E-state index in [0.717, 1.165) is 5.69 Å². The summed E-state index contributed by atoms with van der Waals surface area (Å²) in [4.78, 5) is 46.6. The van der Waals surface area contributed by atoms with Crippen molar-refractivity contribution in [1.82, 2.24) is 24.7 Å². The molecule has 11 heteroatoms. The average molecular weight is 503 g/mol. The standard InChI is InChI=1S/C24H31ClN6O4/c1-24(2,3)20(28-22(34)27-16-6-4-15(25)5-7-16)21(33)29-10-8-17(9-11-29)30-13-18-12-26-19(14-32)31(18)23(30)35/h4-7,12,17,20,32H,8-11,13-14H2,1-3H3,(H2,27,28,34)/t20-/m0/s1. The normalized spacial score (nSPS) is 17.3. The van der Waals surface area contributed by atoms with Crippen molar-refractivity contribution < 1.29 is 19.5 Å². The van der Waals surface area contributed by atoms with Gasteiger partial charge in [0, 0.05) is 29.8 Å². The third-order valence-electron chi connectivity index (χ3n) is 6.53. The number of fused-ring (bicyclic) bond motifs is 1. The van der Waals surface area contributed by atoms with Gasteiger partial charge in [0.25, 0.3) is 0 Å². The molecule has 1 aromatic heterocycles. The molecule has 0 unspecified atom stereocenters. The third kappa shape index (κ3) is 5.28. The number of halogens is 1. The van der Waals surface area contributed by atoms with Crippen LogP contribution in [0.25, 0.3) is 0 Å². The Kier molecular flexibility index (Phi) is 7.05. The molecule has 4 rings (SSSR count). The van der Waals surface area contributed by atoms with Crippen LogP contribution in [0.5, 0.6) is 0 Å². The Hall–Kier alpha value is -3.11. The molecule has 3 heterocycles. The first-order chi connectivity index (χ1) is 16.6. The van der Waals surface area contributed by atoms with E-state index in [0.29, 0.717) is 49.0 Å². The molecule has 1 atom stereocenters. The van der Waals surface area contributed by atoms with Gasteiger partial charge in [-0.05, 0) is 42.5 Å². The summed E-state index contributed by atoms with van der Waals surface area (Å²) in [6.07, 6.45) is 2.90. The van der Waals surface area contributed by atoms with Gasteiger partial charge in [-0.2, -0.15) is 0 Å². The zero-order chi connectivity index (χ0) is 25.3. The Labute approximate surface area is 209 Å². The second-order valence-electron chi connectivity index (χ2n) is 10.0. The molecule has 0 bridgehead atoms. The fourth-order valence-electron chi connectivity index (χ4n) is 4.60. The summed E-state index contributed by atoms with van der Waals surface area (Å²) in [5.74, 6) is 0.198. The molecule has 0 saturated carbocycles. The van der Waals surface area contributed by atoms with Crippen molar-refractivity contribution in [2.75, 3.05) is 18.4 Å². The van der Waals surface area contributed by atoms with Crippen molar-refractivity contribution in [3.63, 3.8) is 0 Å². The number of benzene rings is 1.